The Bertz CT molecular complexity index is 834. The van der Waals surface area contributed by atoms with Gasteiger partial charge in [0.15, 0.2) is 0 Å². The van der Waals surface area contributed by atoms with Crippen LogP contribution in [0.1, 0.15) is 54.7 Å². The zero-order valence-electron chi connectivity index (χ0n) is 15.1. The third kappa shape index (κ3) is 4.05. The van der Waals surface area contributed by atoms with Crippen molar-refractivity contribution in [1.82, 2.24) is 4.57 Å². The summed E-state index contributed by atoms with van der Waals surface area (Å²) >= 11 is 0. The van der Waals surface area contributed by atoms with Gasteiger partial charge in [0, 0.05) is 6.20 Å². The Labute approximate surface area is 154 Å². The average molecular weight is 347 g/mol. The van der Waals surface area contributed by atoms with E-state index in [0.29, 0.717) is 5.69 Å². The molecule has 1 unspecified atom stereocenters. The number of carboxylic acids is 1. The van der Waals surface area contributed by atoms with Crippen LogP contribution in [0.2, 0.25) is 0 Å². The van der Waals surface area contributed by atoms with E-state index in [-0.39, 0.29) is 6.04 Å². The minimum atomic E-state index is -0.878. The molecule has 2 aromatic carbocycles. The predicted molar refractivity (Wildman–Crippen MR) is 106 cm³/mol. The Kier molecular flexibility index (Phi) is 5.90. The predicted octanol–water partition coefficient (Wildman–Crippen LogP) is 6.02. The molecule has 1 atom stereocenters. The second kappa shape index (κ2) is 8.52. The van der Waals surface area contributed by atoms with E-state index in [1.54, 1.807) is 6.07 Å². The third-order valence-corrected chi connectivity index (χ3v) is 4.82. The van der Waals surface area contributed by atoms with Crippen LogP contribution in [-0.4, -0.2) is 15.6 Å². The van der Waals surface area contributed by atoms with E-state index >= 15 is 0 Å². The molecule has 1 aromatic heterocycles. The number of benzene rings is 2. The molecule has 3 nitrogen and oxygen atoms in total. The lowest BCUT2D eigenvalue weighted by molar-refractivity contribution is 0.0683. The number of hydrogen-bond donors (Lipinski definition) is 1. The van der Waals surface area contributed by atoms with Crippen LogP contribution in [-0.2, 0) is 0 Å². The number of rotatable bonds is 8. The maximum atomic E-state index is 11.6. The quantitative estimate of drug-likeness (QED) is 0.506. The normalized spacial score (nSPS) is 12.0. The standard InChI is InChI=1S/C23H25NO2/c1-2-3-5-11-21(24-17-8-12-22(24)23(25)26)20-15-13-19(14-16-20)18-9-6-4-7-10-18/h4,6-10,12-17,21H,2-3,5,11H2,1H3,(H,25,26). The van der Waals surface area contributed by atoms with Gasteiger partial charge < -0.3 is 9.67 Å². The van der Waals surface area contributed by atoms with Gasteiger partial charge in [-0.2, -0.15) is 0 Å². The zero-order chi connectivity index (χ0) is 18.4. The van der Waals surface area contributed by atoms with Gasteiger partial charge in [-0.1, -0.05) is 80.8 Å². The molecule has 3 heteroatoms. The van der Waals surface area contributed by atoms with E-state index in [1.807, 2.05) is 35.0 Å². The fourth-order valence-electron chi connectivity index (χ4n) is 3.43. The van der Waals surface area contributed by atoms with Crippen molar-refractivity contribution in [3.8, 4) is 11.1 Å². The summed E-state index contributed by atoms with van der Waals surface area (Å²) in [7, 11) is 0. The summed E-state index contributed by atoms with van der Waals surface area (Å²) in [4.78, 5) is 11.6. The van der Waals surface area contributed by atoms with Gasteiger partial charge in [0.05, 0.1) is 6.04 Å². The van der Waals surface area contributed by atoms with Crippen molar-refractivity contribution in [2.45, 2.75) is 38.6 Å². The highest BCUT2D eigenvalue weighted by atomic mass is 16.4. The number of nitrogens with zero attached hydrogens (tertiary/aromatic N) is 1. The first-order valence-electron chi connectivity index (χ1n) is 9.26. The lowest BCUT2D eigenvalue weighted by Gasteiger charge is -2.22. The second-order valence-electron chi connectivity index (χ2n) is 6.61. The van der Waals surface area contributed by atoms with E-state index < -0.39 is 5.97 Å². The Morgan fingerprint density at radius 2 is 1.62 bits per heavy atom. The summed E-state index contributed by atoms with van der Waals surface area (Å²) in [5.74, 6) is -0.878. The average Bonchev–Trinajstić information content (AvgIpc) is 3.16. The van der Waals surface area contributed by atoms with Gasteiger partial charge in [-0.15, -0.1) is 0 Å². The smallest absolute Gasteiger partial charge is 0.352 e. The van der Waals surface area contributed by atoms with Crippen molar-refractivity contribution in [1.29, 1.82) is 0 Å². The molecule has 0 aliphatic heterocycles. The highest BCUT2D eigenvalue weighted by Crippen LogP contribution is 2.29. The topological polar surface area (TPSA) is 42.2 Å². The molecule has 0 saturated carbocycles. The first-order valence-corrected chi connectivity index (χ1v) is 9.26. The largest absolute Gasteiger partial charge is 0.477 e. The van der Waals surface area contributed by atoms with E-state index in [2.05, 4.69) is 43.3 Å². The second-order valence-corrected chi connectivity index (χ2v) is 6.61. The van der Waals surface area contributed by atoms with E-state index in [9.17, 15) is 9.90 Å². The molecule has 0 radical (unpaired) electrons. The number of hydrogen-bond acceptors (Lipinski definition) is 1. The first kappa shape index (κ1) is 18.0. The van der Waals surface area contributed by atoms with Crippen molar-refractivity contribution in [2.75, 3.05) is 0 Å². The molecule has 3 rings (SSSR count). The van der Waals surface area contributed by atoms with Crippen LogP contribution in [0, 0.1) is 0 Å². The molecule has 0 saturated heterocycles. The van der Waals surface area contributed by atoms with Gasteiger partial charge in [0.25, 0.3) is 0 Å². The molecule has 26 heavy (non-hydrogen) atoms. The number of aromatic carboxylic acids is 1. The number of unbranched alkanes of at least 4 members (excludes halogenated alkanes) is 2. The zero-order valence-corrected chi connectivity index (χ0v) is 15.1. The van der Waals surface area contributed by atoms with Crippen LogP contribution >= 0.6 is 0 Å². The van der Waals surface area contributed by atoms with Crippen LogP contribution in [0.15, 0.2) is 72.9 Å². The fraction of sp³-hybridized carbons (Fsp3) is 0.261. The molecular formula is C23H25NO2. The maximum absolute atomic E-state index is 11.6. The van der Waals surface area contributed by atoms with E-state index in [4.69, 9.17) is 0 Å². The summed E-state index contributed by atoms with van der Waals surface area (Å²) < 4.78 is 1.90. The highest BCUT2D eigenvalue weighted by Gasteiger charge is 2.19. The fourth-order valence-corrected chi connectivity index (χ4v) is 3.43. The Hall–Kier alpha value is -2.81. The summed E-state index contributed by atoms with van der Waals surface area (Å²) in [6.45, 7) is 2.18. The molecule has 3 aromatic rings. The molecule has 0 spiro atoms. The van der Waals surface area contributed by atoms with Crippen LogP contribution in [0.3, 0.4) is 0 Å². The van der Waals surface area contributed by atoms with Crippen molar-refractivity contribution >= 4 is 5.97 Å². The maximum Gasteiger partial charge on any atom is 0.352 e. The van der Waals surface area contributed by atoms with Crippen LogP contribution in [0.4, 0.5) is 0 Å². The molecular weight excluding hydrogens is 322 g/mol. The van der Waals surface area contributed by atoms with Gasteiger partial charge in [-0.25, -0.2) is 4.79 Å². The van der Waals surface area contributed by atoms with Crippen LogP contribution in [0.25, 0.3) is 11.1 Å². The summed E-state index contributed by atoms with van der Waals surface area (Å²) in [6.07, 6.45) is 6.21. The minimum Gasteiger partial charge on any atom is -0.477 e. The van der Waals surface area contributed by atoms with E-state index in [1.165, 1.54) is 11.1 Å². The monoisotopic (exact) mass is 347 g/mol. The molecule has 1 heterocycles. The number of carboxylic acid groups (broad SMARTS) is 1. The molecule has 0 fully saturated rings. The highest BCUT2D eigenvalue weighted by molar-refractivity contribution is 5.86. The van der Waals surface area contributed by atoms with Gasteiger partial charge in [0.1, 0.15) is 5.69 Å². The molecule has 134 valence electrons. The van der Waals surface area contributed by atoms with Gasteiger partial charge in [-0.05, 0) is 35.2 Å². The molecule has 0 amide bonds. The lowest BCUT2D eigenvalue weighted by Crippen LogP contribution is -2.15. The Balaban J connectivity index is 1.91. The van der Waals surface area contributed by atoms with Crippen LogP contribution in [0.5, 0.6) is 0 Å². The summed E-state index contributed by atoms with van der Waals surface area (Å²) in [5.41, 5.74) is 3.86. The van der Waals surface area contributed by atoms with Crippen LogP contribution < -0.4 is 0 Å². The summed E-state index contributed by atoms with van der Waals surface area (Å²) in [6, 6.07) is 22.3. The Morgan fingerprint density at radius 3 is 2.27 bits per heavy atom. The molecule has 0 bridgehead atoms. The third-order valence-electron chi connectivity index (χ3n) is 4.82. The molecule has 0 aliphatic carbocycles. The van der Waals surface area contributed by atoms with E-state index in [0.717, 1.165) is 31.2 Å². The van der Waals surface area contributed by atoms with Crippen molar-refractivity contribution in [3.05, 3.63) is 84.2 Å². The van der Waals surface area contributed by atoms with Gasteiger partial charge in [-0.3, -0.25) is 0 Å². The molecule has 1 N–H and O–H groups in total. The van der Waals surface area contributed by atoms with Crippen molar-refractivity contribution in [3.63, 3.8) is 0 Å². The van der Waals surface area contributed by atoms with Crippen molar-refractivity contribution in [2.24, 2.45) is 0 Å². The molecule has 0 aliphatic rings. The van der Waals surface area contributed by atoms with Gasteiger partial charge in [0.2, 0.25) is 0 Å². The number of aromatic nitrogens is 1. The SMILES string of the molecule is CCCCCC(c1ccc(-c2ccccc2)cc1)n1cccc1C(=O)O. The number of carbonyl (C=O) groups is 1. The van der Waals surface area contributed by atoms with Gasteiger partial charge >= 0.3 is 5.97 Å². The van der Waals surface area contributed by atoms with Crippen molar-refractivity contribution < 1.29 is 9.90 Å². The minimum absolute atomic E-state index is 0.0486. The Morgan fingerprint density at radius 1 is 0.923 bits per heavy atom. The summed E-state index contributed by atoms with van der Waals surface area (Å²) in [5, 5.41) is 9.49. The first-order chi connectivity index (χ1) is 12.7. The lowest BCUT2D eigenvalue weighted by atomic mass is 9.97.